The van der Waals surface area contributed by atoms with Crippen LogP contribution < -0.4 is 4.90 Å². The van der Waals surface area contributed by atoms with Crippen LogP contribution in [-0.4, -0.2) is 42.8 Å². The molecule has 0 spiro atoms. The second kappa shape index (κ2) is 8.27. The minimum absolute atomic E-state index is 0.0972. The fourth-order valence-corrected chi connectivity index (χ4v) is 4.79. The van der Waals surface area contributed by atoms with Crippen molar-refractivity contribution in [2.45, 2.75) is 51.5 Å². The first-order valence-electron chi connectivity index (χ1n) is 11.7. The van der Waals surface area contributed by atoms with Crippen LogP contribution in [0.1, 0.15) is 54.9 Å². The summed E-state index contributed by atoms with van der Waals surface area (Å²) in [4.78, 5) is 21.4. The minimum atomic E-state index is -0.434. The maximum Gasteiger partial charge on any atom is 0.182 e. The highest BCUT2D eigenvalue weighted by Crippen LogP contribution is 2.37. The SMILES string of the molecule is Cc1nc2nc([C@@H]3CCCN(c4cnn(C5CC5)c4)C3)nc(-c3ccc(Cl)cc3F)c2nc1C. The third-order valence-electron chi connectivity index (χ3n) is 6.81. The molecule has 1 aliphatic heterocycles. The molecule has 6 rings (SSSR count). The quantitative estimate of drug-likeness (QED) is 0.391. The molecule has 2 fully saturated rings. The van der Waals surface area contributed by atoms with Gasteiger partial charge in [0.25, 0.3) is 0 Å². The Labute approximate surface area is 202 Å². The lowest BCUT2D eigenvalue weighted by atomic mass is 9.96. The van der Waals surface area contributed by atoms with Gasteiger partial charge in [-0.15, -0.1) is 0 Å². The maximum atomic E-state index is 15.0. The van der Waals surface area contributed by atoms with Gasteiger partial charge < -0.3 is 4.90 Å². The van der Waals surface area contributed by atoms with Crippen LogP contribution in [0.4, 0.5) is 10.1 Å². The van der Waals surface area contributed by atoms with E-state index in [0.29, 0.717) is 39.3 Å². The third kappa shape index (κ3) is 3.90. The molecule has 4 heterocycles. The molecule has 1 saturated carbocycles. The summed E-state index contributed by atoms with van der Waals surface area (Å²) in [7, 11) is 0. The first-order chi connectivity index (χ1) is 16.5. The highest BCUT2D eigenvalue weighted by Gasteiger charge is 2.29. The molecule has 0 amide bonds. The molecule has 3 aromatic heterocycles. The summed E-state index contributed by atoms with van der Waals surface area (Å²) in [5.74, 6) is 0.338. The number of hydrogen-bond acceptors (Lipinski definition) is 6. The monoisotopic (exact) mass is 477 g/mol. The van der Waals surface area contributed by atoms with Gasteiger partial charge in [-0.3, -0.25) is 4.68 Å². The van der Waals surface area contributed by atoms with Crippen LogP contribution in [0.3, 0.4) is 0 Å². The van der Waals surface area contributed by atoms with Crippen molar-refractivity contribution in [1.29, 1.82) is 0 Å². The van der Waals surface area contributed by atoms with E-state index in [1.807, 2.05) is 20.0 Å². The van der Waals surface area contributed by atoms with E-state index in [1.54, 1.807) is 12.1 Å². The number of halogens is 2. The number of piperidine rings is 1. The molecule has 2 aliphatic rings. The summed E-state index contributed by atoms with van der Waals surface area (Å²) in [6.07, 6.45) is 8.49. The smallest absolute Gasteiger partial charge is 0.182 e. The summed E-state index contributed by atoms with van der Waals surface area (Å²) in [6, 6.07) is 5.18. The molecule has 0 N–H and O–H groups in total. The number of rotatable bonds is 4. The Bertz CT molecular complexity index is 1400. The zero-order chi connectivity index (χ0) is 23.4. The summed E-state index contributed by atoms with van der Waals surface area (Å²) in [5.41, 5.74) is 4.53. The fraction of sp³-hybridized carbons (Fsp3) is 0.400. The molecule has 1 aromatic carbocycles. The van der Waals surface area contributed by atoms with Crippen molar-refractivity contribution in [3.05, 3.63) is 58.6 Å². The number of aryl methyl sites for hydroxylation is 2. The molecule has 4 aromatic rings. The van der Waals surface area contributed by atoms with Crippen LogP contribution in [0.2, 0.25) is 5.02 Å². The van der Waals surface area contributed by atoms with Crippen molar-refractivity contribution in [1.82, 2.24) is 29.7 Å². The zero-order valence-corrected chi connectivity index (χ0v) is 19.9. The van der Waals surface area contributed by atoms with E-state index in [4.69, 9.17) is 21.6 Å². The second-order valence-corrected chi connectivity index (χ2v) is 9.75. The van der Waals surface area contributed by atoms with Gasteiger partial charge in [0, 0.05) is 35.8 Å². The normalized spacial score (nSPS) is 18.6. The van der Waals surface area contributed by atoms with Gasteiger partial charge in [-0.1, -0.05) is 11.6 Å². The molecular formula is C25H25ClFN7. The first-order valence-corrected chi connectivity index (χ1v) is 12.1. The van der Waals surface area contributed by atoms with E-state index in [1.165, 1.54) is 18.9 Å². The van der Waals surface area contributed by atoms with Gasteiger partial charge in [0.1, 0.15) is 22.9 Å². The van der Waals surface area contributed by atoms with Crippen LogP contribution >= 0.6 is 11.6 Å². The lowest BCUT2D eigenvalue weighted by Crippen LogP contribution is -2.35. The Morgan fingerprint density at radius 2 is 1.85 bits per heavy atom. The van der Waals surface area contributed by atoms with Crippen molar-refractivity contribution in [2.75, 3.05) is 18.0 Å². The molecule has 34 heavy (non-hydrogen) atoms. The average molecular weight is 478 g/mol. The van der Waals surface area contributed by atoms with Crippen LogP contribution in [0, 0.1) is 19.7 Å². The fourth-order valence-electron chi connectivity index (χ4n) is 4.63. The summed E-state index contributed by atoms with van der Waals surface area (Å²) in [5, 5.41) is 4.89. The summed E-state index contributed by atoms with van der Waals surface area (Å²) in [6.45, 7) is 5.55. The predicted octanol–water partition coefficient (Wildman–Crippen LogP) is 5.41. The van der Waals surface area contributed by atoms with Gasteiger partial charge in [0.15, 0.2) is 5.65 Å². The zero-order valence-electron chi connectivity index (χ0n) is 19.2. The Hall–Kier alpha value is -3.13. The van der Waals surface area contributed by atoms with Crippen LogP contribution in [0.5, 0.6) is 0 Å². The number of nitrogens with zero attached hydrogens (tertiary/aromatic N) is 7. The molecule has 0 radical (unpaired) electrons. The van der Waals surface area contributed by atoms with E-state index >= 15 is 0 Å². The maximum absolute atomic E-state index is 15.0. The number of fused-ring (bicyclic) bond motifs is 1. The van der Waals surface area contributed by atoms with Crippen LogP contribution in [0.25, 0.3) is 22.4 Å². The lowest BCUT2D eigenvalue weighted by molar-refractivity contribution is 0.492. The second-order valence-electron chi connectivity index (χ2n) is 9.32. The van der Waals surface area contributed by atoms with E-state index in [2.05, 4.69) is 30.8 Å². The van der Waals surface area contributed by atoms with Crippen LogP contribution in [-0.2, 0) is 0 Å². The Morgan fingerprint density at radius 3 is 2.65 bits per heavy atom. The van der Waals surface area contributed by atoms with Gasteiger partial charge in [0.05, 0.1) is 29.3 Å². The minimum Gasteiger partial charge on any atom is -0.368 e. The largest absolute Gasteiger partial charge is 0.368 e. The van der Waals surface area contributed by atoms with Crippen molar-refractivity contribution in [3.63, 3.8) is 0 Å². The predicted molar refractivity (Wildman–Crippen MR) is 130 cm³/mol. The lowest BCUT2D eigenvalue weighted by Gasteiger charge is -2.32. The molecule has 1 aliphatic carbocycles. The molecule has 174 valence electrons. The van der Waals surface area contributed by atoms with Gasteiger partial charge in [-0.05, 0) is 57.7 Å². The molecule has 1 atom stereocenters. The Kier molecular flexibility index (Phi) is 5.21. The summed E-state index contributed by atoms with van der Waals surface area (Å²) >= 11 is 6.01. The molecule has 0 unspecified atom stereocenters. The van der Waals surface area contributed by atoms with E-state index in [9.17, 15) is 4.39 Å². The topological polar surface area (TPSA) is 72.6 Å². The van der Waals surface area contributed by atoms with Gasteiger partial charge in [-0.25, -0.2) is 24.3 Å². The van der Waals surface area contributed by atoms with Gasteiger partial charge in [-0.2, -0.15) is 5.10 Å². The van der Waals surface area contributed by atoms with E-state index in [-0.39, 0.29) is 5.92 Å². The Morgan fingerprint density at radius 1 is 1.03 bits per heavy atom. The average Bonchev–Trinajstić information content (AvgIpc) is 3.56. The highest BCUT2D eigenvalue weighted by molar-refractivity contribution is 6.30. The number of hydrogen-bond donors (Lipinski definition) is 0. The third-order valence-corrected chi connectivity index (χ3v) is 7.04. The number of anilines is 1. The standard InChI is InChI=1S/C25H25ClFN7/c1-14-15(2)30-25-23(29-14)22(20-8-5-17(26)10-21(20)27)31-24(32-25)16-4-3-9-33(12-16)19-11-28-34(13-19)18-6-7-18/h5,8,10-11,13,16,18H,3-4,6-7,9,12H2,1-2H3/t16-/m1/s1. The van der Waals surface area contributed by atoms with E-state index in [0.717, 1.165) is 43.0 Å². The van der Waals surface area contributed by atoms with Gasteiger partial charge >= 0.3 is 0 Å². The molecule has 9 heteroatoms. The van der Waals surface area contributed by atoms with Crippen LogP contribution in [0.15, 0.2) is 30.6 Å². The van der Waals surface area contributed by atoms with Crippen molar-refractivity contribution in [3.8, 4) is 11.3 Å². The molecule has 1 saturated heterocycles. The summed E-state index contributed by atoms with van der Waals surface area (Å²) < 4.78 is 17.0. The first kappa shape index (κ1) is 21.4. The van der Waals surface area contributed by atoms with Crippen molar-refractivity contribution >= 4 is 28.5 Å². The molecule has 0 bridgehead atoms. The van der Waals surface area contributed by atoms with E-state index < -0.39 is 5.82 Å². The Balaban J connectivity index is 1.41. The van der Waals surface area contributed by atoms with Gasteiger partial charge in [0.2, 0.25) is 0 Å². The number of benzene rings is 1. The number of aromatic nitrogens is 6. The van der Waals surface area contributed by atoms with Crippen molar-refractivity contribution in [2.24, 2.45) is 0 Å². The molecule has 7 nitrogen and oxygen atoms in total. The highest BCUT2D eigenvalue weighted by atomic mass is 35.5. The molecular weight excluding hydrogens is 453 g/mol. The van der Waals surface area contributed by atoms with Crippen molar-refractivity contribution < 1.29 is 4.39 Å².